The molecule has 0 aromatic carbocycles. The molecule has 0 bridgehead atoms. The molecule has 12 atom stereocenters. The summed E-state index contributed by atoms with van der Waals surface area (Å²) in [6, 6.07) is -0.913. The number of rotatable bonds is 53. The van der Waals surface area contributed by atoms with Gasteiger partial charge in [0, 0.05) is 6.42 Å². The van der Waals surface area contributed by atoms with E-state index in [4.69, 9.17) is 18.9 Å². The Bertz CT molecular complexity index is 1400. The molecule has 78 heavy (non-hydrogen) atoms. The van der Waals surface area contributed by atoms with E-state index in [0.29, 0.717) is 6.42 Å². The monoisotopic (exact) mass is 1110 g/mol. The number of unbranched alkanes of at least 4 members (excludes halogenated alkanes) is 38. The van der Waals surface area contributed by atoms with Gasteiger partial charge in [-0.2, -0.15) is 0 Å². The summed E-state index contributed by atoms with van der Waals surface area (Å²) in [7, 11) is 0. The normalized spacial score (nSPS) is 24.6. The van der Waals surface area contributed by atoms with Crippen molar-refractivity contribution in [3.63, 3.8) is 0 Å². The predicted molar refractivity (Wildman–Crippen MR) is 314 cm³/mol. The highest BCUT2D eigenvalue weighted by molar-refractivity contribution is 5.76. The SMILES string of the molecule is CCCCCCCCCC/C=C\CCCCCCCCCCCCCC(=O)NC(COC1OC(CO)C(OC2OC(CO)C(O)C(O)C2O)C(O)C1O)C(O)/C=C/CCCCCCCCCCCCCCCCCCCCC. The molecule has 2 fully saturated rings. The maximum absolute atomic E-state index is 13.3. The lowest BCUT2D eigenvalue weighted by Crippen LogP contribution is -2.65. The third-order valence-electron chi connectivity index (χ3n) is 16.1. The van der Waals surface area contributed by atoms with Crippen LogP contribution in [0.2, 0.25) is 0 Å². The van der Waals surface area contributed by atoms with Gasteiger partial charge in [0.25, 0.3) is 0 Å². The Morgan fingerprint density at radius 3 is 1.22 bits per heavy atom. The molecule has 2 rings (SSSR count). The highest BCUT2D eigenvalue weighted by Gasteiger charge is 2.51. The number of amides is 1. The second-order valence-electron chi connectivity index (χ2n) is 23.2. The van der Waals surface area contributed by atoms with Crippen molar-refractivity contribution >= 4 is 5.91 Å². The Balaban J connectivity index is 1.73. The predicted octanol–water partition coefficient (Wildman–Crippen LogP) is 12.0. The zero-order chi connectivity index (χ0) is 56.7. The van der Waals surface area contributed by atoms with Gasteiger partial charge < -0.3 is 65.1 Å². The Labute approximate surface area is 475 Å². The number of carbonyl (C=O) groups excluding carboxylic acids is 1. The summed E-state index contributed by atoms with van der Waals surface area (Å²) in [4.78, 5) is 13.3. The van der Waals surface area contributed by atoms with Crippen molar-refractivity contribution < 1.29 is 64.6 Å². The maximum atomic E-state index is 13.3. The topological polar surface area (TPSA) is 228 Å². The zero-order valence-corrected chi connectivity index (χ0v) is 49.7. The van der Waals surface area contributed by atoms with Crippen LogP contribution >= 0.6 is 0 Å². The Morgan fingerprint density at radius 1 is 0.449 bits per heavy atom. The fourth-order valence-electron chi connectivity index (χ4n) is 10.9. The molecule has 0 spiro atoms. The minimum absolute atomic E-state index is 0.236. The number of aliphatic hydroxyl groups excluding tert-OH is 8. The molecule has 14 nitrogen and oxygen atoms in total. The molecular formula is C64H121NO13. The number of aliphatic hydroxyl groups is 8. The first-order chi connectivity index (χ1) is 38.1. The third-order valence-corrected chi connectivity index (χ3v) is 16.1. The summed E-state index contributed by atoms with van der Waals surface area (Å²) in [6.07, 6.45) is 43.6. The van der Waals surface area contributed by atoms with Crippen LogP contribution in [0, 0.1) is 0 Å². The van der Waals surface area contributed by atoms with Crippen molar-refractivity contribution in [1.82, 2.24) is 5.32 Å². The lowest BCUT2D eigenvalue weighted by atomic mass is 9.97. The standard InChI is InChI=1S/C64H121NO13/c1-3-5-7-9-11-13-15-17-19-21-23-25-26-28-30-32-34-36-38-40-42-44-46-48-56(69)65-52(53(68)47-45-43-41-39-37-35-33-31-29-27-24-22-20-18-16-14-12-10-8-6-4-2)51-75-63-61(74)59(72)62(55(50-67)77-63)78-64-60(73)58(71)57(70)54(49-66)76-64/h21,23,45,47,52-55,57-64,66-68,70-74H,3-20,22,24-44,46,48-51H2,1-2H3,(H,65,69)/b23-21-,47-45+. The van der Waals surface area contributed by atoms with E-state index in [1.54, 1.807) is 6.08 Å². The van der Waals surface area contributed by atoms with E-state index in [-0.39, 0.29) is 18.9 Å². The van der Waals surface area contributed by atoms with E-state index in [1.807, 2.05) is 6.08 Å². The number of nitrogens with one attached hydrogen (secondary N) is 1. The minimum atomic E-state index is -1.79. The van der Waals surface area contributed by atoms with Gasteiger partial charge >= 0.3 is 0 Å². The fourth-order valence-corrected chi connectivity index (χ4v) is 10.9. The molecule has 2 aliphatic rings. The van der Waals surface area contributed by atoms with Gasteiger partial charge in [0.05, 0.1) is 32.0 Å². The summed E-state index contributed by atoms with van der Waals surface area (Å²) < 4.78 is 22.8. The van der Waals surface area contributed by atoms with Crippen LogP contribution in [0.5, 0.6) is 0 Å². The summed E-state index contributed by atoms with van der Waals surface area (Å²) >= 11 is 0. The molecule has 2 aliphatic heterocycles. The first-order valence-corrected chi connectivity index (χ1v) is 32.6. The molecule has 460 valence electrons. The van der Waals surface area contributed by atoms with Gasteiger partial charge in [0.1, 0.15) is 48.8 Å². The van der Waals surface area contributed by atoms with Gasteiger partial charge in [-0.1, -0.05) is 256 Å². The summed E-state index contributed by atoms with van der Waals surface area (Å²) in [5.41, 5.74) is 0. The second kappa shape index (κ2) is 50.0. The molecule has 12 unspecified atom stereocenters. The second-order valence-corrected chi connectivity index (χ2v) is 23.2. The molecule has 0 saturated carbocycles. The Kier molecular flexibility index (Phi) is 46.5. The molecule has 0 aromatic rings. The van der Waals surface area contributed by atoms with Crippen LogP contribution in [0.4, 0.5) is 0 Å². The van der Waals surface area contributed by atoms with Crippen LogP contribution < -0.4 is 5.32 Å². The average Bonchev–Trinajstić information content (AvgIpc) is 3.48. The van der Waals surface area contributed by atoms with Crippen molar-refractivity contribution in [1.29, 1.82) is 0 Å². The van der Waals surface area contributed by atoms with Crippen molar-refractivity contribution in [2.45, 2.75) is 357 Å². The van der Waals surface area contributed by atoms with Crippen molar-refractivity contribution in [2.24, 2.45) is 0 Å². The average molecular weight is 1110 g/mol. The molecule has 9 N–H and O–H groups in total. The van der Waals surface area contributed by atoms with Crippen LogP contribution in [-0.4, -0.2) is 140 Å². The zero-order valence-electron chi connectivity index (χ0n) is 49.7. The van der Waals surface area contributed by atoms with E-state index in [2.05, 4.69) is 31.3 Å². The molecule has 0 radical (unpaired) electrons. The van der Waals surface area contributed by atoms with Crippen LogP contribution in [-0.2, 0) is 23.7 Å². The Morgan fingerprint density at radius 2 is 0.808 bits per heavy atom. The smallest absolute Gasteiger partial charge is 0.220 e. The quantitative estimate of drug-likeness (QED) is 0.0204. The summed E-state index contributed by atoms with van der Waals surface area (Å²) in [5, 5.41) is 87.3. The number of allylic oxidation sites excluding steroid dienone is 3. The van der Waals surface area contributed by atoms with Gasteiger partial charge in [0.2, 0.25) is 5.91 Å². The van der Waals surface area contributed by atoms with E-state index in [9.17, 15) is 45.6 Å². The van der Waals surface area contributed by atoms with Crippen molar-refractivity contribution in [3.8, 4) is 0 Å². The first kappa shape index (κ1) is 72.6. The number of carbonyl (C=O) groups is 1. The number of hydrogen-bond acceptors (Lipinski definition) is 13. The van der Waals surface area contributed by atoms with Gasteiger partial charge in [0.15, 0.2) is 12.6 Å². The number of ether oxygens (including phenoxy) is 4. The van der Waals surface area contributed by atoms with E-state index < -0.39 is 86.8 Å². The molecule has 2 heterocycles. The van der Waals surface area contributed by atoms with E-state index in [0.717, 1.165) is 38.5 Å². The van der Waals surface area contributed by atoms with E-state index in [1.165, 1.54) is 218 Å². The minimum Gasteiger partial charge on any atom is -0.394 e. The van der Waals surface area contributed by atoms with Gasteiger partial charge in [-0.15, -0.1) is 0 Å². The third kappa shape index (κ3) is 34.8. The highest BCUT2D eigenvalue weighted by atomic mass is 16.7. The van der Waals surface area contributed by atoms with Gasteiger partial charge in [-0.25, -0.2) is 0 Å². The van der Waals surface area contributed by atoms with Crippen LogP contribution in [0.15, 0.2) is 24.3 Å². The molecular weight excluding hydrogens is 991 g/mol. The summed E-state index contributed by atoms with van der Waals surface area (Å²) in [6.45, 7) is 2.84. The molecule has 2 saturated heterocycles. The van der Waals surface area contributed by atoms with Crippen LogP contribution in [0.3, 0.4) is 0 Å². The fraction of sp³-hybridized carbons (Fsp3) is 0.922. The molecule has 14 heteroatoms. The van der Waals surface area contributed by atoms with Crippen molar-refractivity contribution in [3.05, 3.63) is 24.3 Å². The van der Waals surface area contributed by atoms with Crippen LogP contribution in [0.1, 0.15) is 284 Å². The lowest BCUT2D eigenvalue weighted by Gasteiger charge is -2.46. The number of hydrogen-bond donors (Lipinski definition) is 9. The van der Waals surface area contributed by atoms with Gasteiger partial charge in [-0.3, -0.25) is 4.79 Å². The van der Waals surface area contributed by atoms with Crippen LogP contribution in [0.25, 0.3) is 0 Å². The Hall–Kier alpha value is -1.53. The largest absolute Gasteiger partial charge is 0.394 e. The highest BCUT2D eigenvalue weighted by Crippen LogP contribution is 2.30. The molecule has 0 aliphatic carbocycles. The van der Waals surface area contributed by atoms with E-state index >= 15 is 0 Å². The lowest BCUT2D eigenvalue weighted by molar-refractivity contribution is -0.359. The molecule has 0 aromatic heterocycles. The van der Waals surface area contributed by atoms with Gasteiger partial charge in [-0.05, 0) is 44.9 Å². The first-order valence-electron chi connectivity index (χ1n) is 32.6. The molecule has 1 amide bonds. The summed E-state index contributed by atoms with van der Waals surface area (Å²) in [5.74, 6) is -0.236. The maximum Gasteiger partial charge on any atom is 0.220 e. The van der Waals surface area contributed by atoms with Crippen molar-refractivity contribution in [2.75, 3.05) is 19.8 Å².